The summed E-state index contributed by atoms with van der Waals surface area (Å²) >= 11 is 0. The number of hydrogen-bond acceptors (Lipinski definition) is 7. The Morgan fingerprint density at radius 1 is 0.918 bits per heavy atom. The van der Waals surface area contributed by atoms with Crippen LogP contribution in [0.3, 0.4) is 0 Å². The van der Waals surface area contributed by atoms with Crippen LogP contribution in [0.5, 0.6) is 11.8 Å². The van der Waals surface area contributed by atoms with E-state index in [0.29, 0.717) is 66.5 Å². The van der Waals surface area contributed by atoms with Gasteiger partial charge in [0, 0.05) is 37.5 Å². The van der Waals surface area contributed by atoms with Gasteiger partial charge in [0.15, 0.2) is 5.82 Å². The number of rotatable bonds is 8. The van der Waals surface area contributed by atoms with Gasteiger partial charge < -0.3 is 19.8 Å². The highest BCUT2D eigenvalue weighted by molar-refractivity contribution is 6.03. The van der Waals surface area contributed by atoms with Crippen LogP contribution in [0.4, 0.5) is 19.0 Å². The topological polar surface area (TPSA) is 82.0 Å². The number of fused-ring (bicyclic) bond motifs is 5. The standard InChI is InChI=1S/C39H45F3N4O3/c1-4-21-14-39(15-22(5-2)18-46(39)17-21)20-49-38-43-36-29(37(44-38)45-16-23-9-25(19-45)32(48)10-23)13-31(41)34(35(36)42)28-12-26(47)11-24-7-8-30(40)27(6-3)33(24)28/h7-8,11-13,21-23,25,32,47-48H,4-6,9-10,14-20H2,1-3H3/t21?,22?,23-,25-,32-,39?/m1/s1. The van der Waals surface area contributed by atoms with Gasteiger partial charge >= 0.3 is 6.01 Å². The fraction of sp³-hybridized carbons (Fsp3) is 0.538. The largest absolute Gasteiger partial charge is 0.508 e. The normalized spacial score (nSPS) is 28.2. The minimum Gasteiger partial charge on any atom is -0.508 e. The molecule has 4 heterocycles. The maximum atomic E-state index is 17.1. The van der Waals surface area contributed by atoms with Crippen LogP contribution in [0.25, 0.3) is 32.8 Å². The predicted molar refractivity (Wildman–Crippen MR) is 184 cm³/mol. The molecule has 0 spiro atoms. The van der Waals surface area contributed by atoms with Gasteiger partial charge in [-0.2, -0.15) is 9.97 Å². The van der Waals surface area contributed by atoms with Crippen molar-refractivity contribution in [2.24, 2.45) is 23.7 Å². The third-order valence-electron chi connectivity index (χ3n) is 12.2. The van der Waals surface area contributed by atoms with Gasteiger partial charge in [0.2, 0.25) is 0 Å². The number of hydrogen-bond donors (Lipinski definition) is 2. The lowest BCUT2D eigenvalue weighted by Crippen LogP contribution is -2.43. The van der Waals surface area contributed by atoms with Crippen LogP contribution in [0, 0.1) is 41.1 Å². The number of phenols is 1. The van der Waals surface area contributed by atoms with Crippen molar-refractivity contribution in [2.45, 2.75) is 77.4 Å². The van der Waals surface area contributed by atoms with Gasteiger partial charge in [-0.3, -0.25) is 4.90 Å². The van der Waals surface area contributed by atoms with Crippen molar-refractivity contribution < 1.29 is 28.1 Å². The van der Waals surface area contributed by atoms with Crippen LogP contribution in [0.15, 0.2) is 30.3 Å². The molecule has 7 nitrogen and oxygen atoms in total. The molecule has 3 saturated heterocycles. The van der Waals surface area contributed by atoms with Gasteiger partial charge in [-0.1, -0.05) is 39.7 Å². The highest BCUT2D eigenvalue weighted by atomic mass is 19.1. The molecule has 2 N–H and O–H groups in total. The Bertz CT molecular complexity index is 1920. The fourth-order valence-electron chi connectivity index (χ4n) is 9.74. The molecule has 10 heteroatoms. The van der Waals surface area contributed by atoms with Crippen molar-refractivity contribution in [3.63, 3.8) is 0 Å². The number of phenolic OH excluding ortho intramolecular Hbond substituents is 1. The molecule has 260 valence electrons. The van der Waals surface area contributed by atoms with E-state index in [2.05, 4.69) is 23.7 Å². The SMILES string of the molecule is CCc1c(F)ccc2cc(O)cc(-c3c(F)cc4c(N5C[C@@H]6C[C@H](C5)[C@H](O)C6)nc(OCC56CC(CC)CN5CC(CC)C6)nc4c3F)c12. The van der Waals surface area contributed by atoms with Crippen LogP contribution in [0.1, 0.15) is 64.9 Å². The molecule has 0 amide bonds. The summed E-state index contributed by atoms with van der Waals surface area (Å²) in [6.07, 6.45) is 5.73. The van der Waals surface area contributed by atoms with Crippen molar-refractivity contribution in [2.75, 3.05) is 37.7 Å². The molecule has 0 radical (unpaired) electrons. The fourth-order valence-corrected chi connectivity index (χ4v) is 9.74. The van der Waals surface area contributed by atoms with Crippen LogP contribution in [-0.2, 0) is 6.42 Å². The van der Waals surface area contributed by atoms with Gasteiger partial charge in [-0.25, -0.2) is 13.2 Å². The molecule has 3 aromatic carbocycles. The zero-order valence-electron chi connectivity index (χ0n) is 28.5. The van der Waals surface area contributed by atoms with Crippen LogP contribution in [-0.4, -0.2) is 69.5 Å². The van der Waals surface area contributed by atoms with Gasteiger partial charge in [-0.05, 0) is 96.0 Å². The Hall–Kier alpha value is -3.63. The van der Waals surface area contributed by atoms with Crippen molar-refractivity contribution in [1.29, 1.82) is 0 Å². The first kappa shape index (κ1) is 32.6. The van der Waals surface area contributed by atoms with Crippen LogP contribution < -0.4 is 9.64 Å². The zero-order valence-corrected chi connectivity index (χ0v) is 28.5. The summed E-state index contributed by atoms with van der Waals surface area (Å²) in [5.74, 6) is -0.579. The van der Waals surface area contributed by atoms with E-state index in [1.807, 2.05) is 4.90 Å². The Balaban J connectivity index is 1.28. The molecule has 5 atom stereocenters. The number of nitrogens with zero attached hydrogens (tertiary/aromatic N) is 4. The van der Waals surface area contributed by atoms with Crippen LogP contribution >= 0.6 is 0 Å². The second-order valence-electron chi connectivity index (χ2n) is 15.2. The summed E-state index contributed by atoms with van der Waals surface area (Å²) in [6.45, 7) is 9.81. The average Bonchev–Trinajstić information content (AvgIpc) is 3.69. The first-order valence-electron chi connectivity index (χ1n) is 18.1. The first-order chi connectivity index (χ1) is 23.6. The van der Waals surface area contributed by atoms with Gasteiger partial charge in [-0.15, -0.1) is 0 Å². The number of aliphatic hydroxyl groups is 1. The van der Waals surface area contributed by atoms with E-state index in [0.717, 1.165) is 45.2 Å². The van der Waals surface area contributed by atoms with Crippen molar-refractivity contribution >= 4 is 27.5 Å². The molecule has 3 aliphatic heterocycles. The molecule has 49 heavy (non-hydrogen) atoms. The molecule has 1 saturated carbocycles. The summed E-state index contributed by atoms with van der Waals surface area (Å²) in [5.41, 5.74) is -0.235. The number of ether oxygens (including phenoxy) is 1. The molecule has 4 fully saturated rings. The average molecular weight is 675 g/mol. The number of aromatic nitrogens is 2. The summed E-state index contributed by atoms with van der Waals surface area (Å²) < 4.78 is 55.1. The molecule has 8 rings (SSSR count). The molecule has 2 unspecified atom stereocenters. The van der Waals surface area contributed by atoms with Crippen LogP contribution in [0.2, 0.25) is 0 Å². The third-order valence-corrected chi connectivity index (χ3v) is 12.2. The summed E-state index contributed by atoms with van der Waals surface area (Å²) in [7, 11) is 0. The summed E-state index contributed by atoms with van der Waals surface area (Å²) in [6, 6.07) is 6.88. The molecule has 4 aliphatic rings. The van der Waals surface area contributed by atoms with E-state index in [1.165, 1.54) is 30.3 Å². The van der Waals surface area contributed by atoms with E-state index < -0.39 is 23.6 Å². The smallest absolute Gasteiger partial charge is 0.319 e. The molecular formula is C39H45F3N4O3. The van der Waals surface area contributed by atoms with E-state index in [1.54, 1.807) is 6.92 Å². The highest BCUT2D eigenvalue weighted by Crippen LogP contribution is 2.47. The highest BCUT2D eigenvalue weighted by Gasteiger charge is 2.51. The lowest BCUT2D eigenvalue weighted by Gasteiger charge is -2.34. The van der Waals surface area contributed by atoms with E-state index in [9.17, 15) is 10.2 Å². The van der Waals surface area contributed by atoms with Gasteiger partial charge in [0.1, 0.15) is 35.3 Å². The number of aromatic hydroxyl groups is 1. The Kier molecular flexibility index (Phi) is 8.18. The first-order valence-corrected chi connectivity index (χ1v) is 18.1. The summed E-state index contributed by atoms with van der Waals surface area (Å²) in [4.78, 5) is 14.1. The Morgan fingerprint density at radius 2 is 1.67 bits per heavy atom. The summed E-state index contributed by atoms with van der Waals surface area (Å²) in [5, 5.41) is 22.4. The van der Waals surface area contributed by atoms with E-state index in [4.69, 9.17) is 9.72 Å². The van der Waals surface area contributed by atoms with E-state index in [-0.39, 0.29) is 51.2 Å². The monoisotopic (exact) mass is 674 g/mol. The number of aliphatic hydroxyl groups excluding tert-OH is 1. The second kappa shape index (κ2) is 12.3. The number of halogens is 3. The maximum absolute atomic E-state index is 17.1. The zero-order chi connectivity index (χ0) is 34.2. The number of anilines is 1. The molecule has 1 aromatic heterocycles. The van der Waals surface area contributed by atoms with Gasteiger partial charge in [0.05, 0.1) is 17.2 Å². The Labute approximate surface area is 285 Å². The number of benzene rings is 3. The second-order valence-corrected chi connectivity index (χ2v) is 15.2. The predicted octanol–water partition coefficient (Wildman–Crippen LogP) is 7.62. The number of aryl methyl sites for hydroxylation is 1. The lowest BCUT2D eigenvalue weighted by molar-refractivity contribution is 0.107. The van der Waals surface area contributed by atoms with Crippen molar-refractivity contribution in [3.8, 4) is 22.9 Å². The minimum atomic E-state index is -0.916. The Morgan fingerprint density at radius 3 is 2.37 bits per heavy atom. The minimum absolute atomic E-state index is 0.0349. The van der Waals surface area contributed by atoms with Crippen molar-refractivity contribution in [1.82, 2.24) is 14.9 Å². The lowest BCUT2D eigenvalue weighted by atomic mass is 9.86. The quantitative estimate of drug-likeness (QED) is 0.199. The number of piperidine rings is 1. The maximum Gasteiger partial charge on any atom is 0.319 e. The van der Waals surface area contributed by atoms with Gasteiger partial charge in [0.25, 0.3) is 0 Å². The molecule has 4 aromatic rings. The molecule has 2 bridgehead atoms. The third kappa shape index (κ3) is 5.41. The molecular weight excluding hydrogens is 629 g/mol. The van der Waals surface area contributed by atoms with Crippen molar-refractivity contribution in [3.05, 3.63) is 53.3 Å². The van der Waals surface area contributed by atoms with E-state index >= 15 is 13.2 Å². The molecule has 1 aliphatic carbocycles.